The maximum Gasteiger partial charge on any atom is 0.407 e. The van der Waals surface area contributed by atoms with Crippen LogP contribution in [0.15, 0.2) is 48.5 Å². The maximum atomic E-state index is 14.9. The number of carbonyl (C=O) groups is 2. The van der Waals surface area contributed by atoms with Crippen LogP contribution in [0, 0.1) is 17.8 Å². The van der Waals surface area contributed by atoms with Crippen LogP contribution in [0.2, 0.25) is 5.02 Å². The summed E-state index contributed by atoms with van der Waals surface area (Å²) in [7, 11) is 0. The summed E-state index contributed by atoms with van der Waals surface area (Å²) in [6, 6.07) is 14.7. The van der Waals surface area contributed by atoms with Gasteiger partial charge in [0.1, 0.15) is 0 Å². The first-order valence-corrected chi connectivity index (χ1v) is 15.6. The number of amides is 1. The van der Waals surface area contributed by atoms with Gasteiger partial charge in [0.25, 0.3) is 0 Å². The number of aliphatic hydroxyl groups is 1. The number of piperazine rings is 1. The second kappa shape index (κ2) is 13.1. The molecule has 0 bridgehead atoms. The molecular formula is C33H43ClN2O4. The van der Waals surface area contributed by atoms with Crippen molar-refractivity contribution in [2.45, 2.75) is 82.9 Å². The Morgan fingerprint density at radius 2 is 1.82 bits per heavy atom. The molecule has 2 saturated carbocycles. The van der Waals surface area contributed by atoms with Crippen LogP contribution in [-0.4, -0.2) is 69.7 Å². The predicted octanol–water partition coefficient (Wildman–Crippen LogP) is 6.99. The van der Waals surface area contributed by atoms with E-state index in [4.69, 9.17) is 11.6 Å². The zero-order chi connectivity index (χ0) is 28.2. The molecule has 3 aliphatic rings. The molecule has 5 rings (SSSR count). The molecule has 3 fully saturated rings. The molecule has 1 heterocycles. The molecule has 2 aliphatic carbocycles. The van der Waals surface area contributed by atoms with E-state index in [1.165, 1.54) is 12.8 Å². The topological polar surface area (TPSA) is 81.1 Å². The van der Waals surface area contributed by atoms with Gasteiger partial charge in [-0.05, 0) is 60.8 Å². The average Bonchev–Trinajstić information content (AvgIpc) is 2.97. The molecule has 1 saturated heterocycles. The fraction of sp³-hybridized carbons (Fsp3) is 0.576. The highest BCUT2D eigenvalue weighted by molar-refractivity contribution is 6.30. The Hall–Kier alpha value is -2.41. The van der Waals surface area contributed by atoms with E-state index in [0.29, 0.717) is 42.1 Å². The van der Waals surface area contributed by atoms with Gasteiger partial charge in [0.2, 0.25) is 0 Å². The molecule has 6 nitrogen and oxygen atoms in total. The number of carbonyl (C=O) groups excluding carboxylic acids is 1. The number of fused-ring (bicyclic) bond motifs is 1. The number of Topliss-reactive ketones (excluding diaryl/α,β-unsaturated/α-hetero) is 1. The highest BCUT2D eigenvalue weighted by Gasteiger charge is 2.49. The molecule has 40 heavy (non-hydrogen) atoms. The summed E-state index contributed by atoms with van der Waals surface area (Å²) in [5, 5.41) is 22.1. The van der Waals surface area contributed by atoms with Crippen LogP contribution < -0.4 is 0 Å². The van der Waals surface area contributed by atoms with E-state index in [0.717, 1.165) is 56.1 Å². The van der Waals surface area contributed by atoms with E-state index in [1.54, 1.807) is 4.90 Å². The fourth-order valence-corrected chi connectivity index (χ4v) is 8.02. The number of unbranched alkanes of at least 4 members (excludes halogenated alkanes) is 1. The first-order valence-electron chi connectivity index (χ1n) is 15.2. The number of benzene rings is 2. The van der Waals surface area contributed by atoms with Gasteiger partial charge in [-0.25, -0.2) is 4.79 Å². The molecule has 7 heteroatoms. The van der Waals surface area contributed by atoms with Crippen molar-refractivity contribution in [1.82, 2.24) is 9.80 Å². The van der Waals surface area contributed by atoms with E-state index in [9.17, 15) is 19.8 Å². The minimum atomic E-state index is -0.889. The lowest BCUT2D eigenvalue weighted by Crippen LogP contribution is -2.63. The highest BCUT2D eigenvalue weighted by Crippen LogP contribution is 2.47. The SMILES string of the molecule is CCCCC1CN(C(C(=O)c2ccccc2-c2cccc(Cl)c2)C2C(O)CCC3CCCCC32)CCN1C(=O)O. The molecular weight excluding hydrogens is 524 g/mol. The van der Waals surface area contributed by atoms with E-state index in [1.807, 2.05) is 48.5 Å². The van der Waals surface area contributed by atoms with Crippen molar-refractivity contribution in [2.75, 3.05) is 19.6 Å². The first-order chi connectivity index (χ1) is 19.4. The molecule has 2 aromatic carbocycles. The standard InChI is InChI=1S/C33H43ClN2O4/c1-2-3-12-25-21-35(18-19-36(25)33(39)40)31(30-27-14-5-4-9-22(27)16-17-29(30)37)32(38)28-15-7-6-13-26(28)23-10-8-11-24(34)20-23/h6-8,10-11,13,15,20,22,25,27,29-31,37H,2-5,9,12,14,16-19,21H2,1H3,(H,39,40). The van der Waals surface area contributed by atoms with Gasteiger partial charge in [0, 0.05) is 42.2 Å². The number of aliphatic hydroxyl groups excluding tert-OH is 1. The molecule has 1 amide bonds. The van der Waals surface area contributed by atoms with E-state index >= 15 is 0 Å². The molecule has 0 aromatic heterocycles. The van der Waals surface area contributed by atoms with Crippen molar-refractivity contribution < 1.29 is 19.8 Å². The second-order valence-corrected chi connectivity index (χ2v) is 12.5. The van der Waals surface area contributed by atoms with Crippen molar-refractivity contribution >= 4 is 23.5 Å². The van der Waals surface area contributed by atoms with Crippen molar-refractivity contribution in [3.8, 4) is 11.1 Å². The number of ketones is 1. The Labute approximate surface area is 243 Å². The van der Waals surface area contributed by atoms with Crippen LogP contribution in [0.25, 0.3) is 11.1 Å². The molecule has 0 spiro atoms. The van der Waals surface area contributed by atoms with Crippen LogP contribution in [0.3, 0.4) is 0 Å². The third kappa shape index (κ3) is 6.09. The Bertz CT molecular complexity index is 1190. The molecule has 2 aromatic rings. The quantitative estimate of drug-likeness (QED) is 0.337. The molecule has 2 N–H and O–H groups in total. The van der Waals surface area contributed by atoms with Gasteiger partial charge in [-0.2, -0.15) is 0 Å². The summed E-state index contributed by atoms with van der Waals surface area (Å²) in [4.78, 5) is 30.8. The number of hydrogen-bond donors (Lipinski definition) is 2. The summed E-state index contributed by atoms with van der Waals surface area (Å²) < 4.78 is 0. The van der Waals surface area contributed by atoms with Crippen LogP contribution >= 0.6 is 11.6 Å². The lowest BCUT2D eigenvalue weighted by molar-refractivity contribution is -0.0627. The second-order valence-electron chi connectivity index (χ2n) is 12.1. The third-order valence-corrected chi connectivity index (χ3v) is 9.98. The third-order valence-electron chi connectivity index (χ3n) is 9.75. The lowest BCUT2D eigenvalue weighted by Gasteiger charge is -2.51. The number of halogens is 1. The van der Waals surface area contributed by atoms with Gasteiger partial charge in [-0.3, -0.25) is 9.69 Å². The molecule has 6 atom stereocenters. The normalized spacial score (nSPS) is 28.1. The van der Waals surface area contributed by atoms with E-state index < -0.39 is 18.2 Å². The number of hydrogen-bond acceptors (Lipinski definition) is 4. The van der Waals surface area contributed by atoms with Crippen molar-refractivity contribution in [2.24, 2.45) is 17.8 Å². The van der Waals surface area contributed by atoms with Crippen LogP contribution in [0.1, 0.15) is 75.1 Å². The van der Waals surface area contributed by atoms with Gasteiger partial charge < -0.3 is 15.1 Å². The Balaban J connectivity index is 1.56. The zero-order valence-corrected chi connectivity index (χ0v) is 24.3. The number of nitrogens with zero attached hydrogens (tertiary/aromatic N) is 2. The first kappa shape index (κ1) is 29.1. The highest BCUT2D eigenvalue weighted by atomic mass is 35.5. The lowest BCUT2D eigenvalue weighted by atomic mass is 9.61. The fourth-order valence-electron chi connectivity index (χ4n) is 7.83. The van der Waals surface area contributed by atoms with Gasteiger partial charge >= 0.3 is 6.09 Å². The molecule has 0 radical (unpaired) electrons. The van der Waals surface area contributed by atoms with E-state index in [2.05, 4.69) is 11.8 Å². The zero-order valence-electron chi connectivity index (χ0n) is 23.6. The van der Waals surface area contributed by atoms with Crippen molar-refractivity contribution in [3.05, 3.63) is 59.1 Å². The minimum Gasteiger partial charge on any atom is -0.465 e. The summed E-state index contributed by atoms with van der Waals surface area (Å²) in [5.74, 6) is 0.708. The number of rotatable bonds is 8. The van der Waals surface area contributed by atoms with E-state index in [-0.39, 0.29) is 17.7 Å². The summed E-state index contributed by atoms with van der Waals surface area (Å²) in [6.07, 6.45) is 7.58. The largest absolute Gasteiger partial charge is 0.465 e. The van der Waals surface area contributed by atoms with Crippen LogP contribution in [0.4, 0.5) is 4.79 Å². The van der Waals surface area contributed by atoms with Gasteiger partial charge in [0.15, 0.2) is 5.78 Å². The Morgan fingerprint density at radius 3 is 2.60 bits per heavy atom. The monoisotopic (exact) mass is 566 g/mol. The summed E-state index contributed by atoms with van der Waals surface area (Å²) >= 11 is 6.35. The smallest absolute Gasteiger partial charge is 0.407 e. The average molecular weight is 567 g/mol. The Morgan fingerprint density at radius 1 is 1.02 bits per heavy atom. The van der Waals surface area contributed by atoms with Crippen molar-refractivity contribution in [3.63, 3.8) is 0 Å². The van der Waals surface area contributed by atoms with Gasteiger partial charge in [0.05, 0.1) is 12.1 Å². The van der Waals surface area contributed by atoms with Gasteiger partial charge in [-0.15, -0.1) is 0 Å². The molecule has 216 valence electrons. The molecule has 1 aliphatic heterocycles. The summed E-state index contributed by atoms with van der Waals surface area (Å²) in [5.41, 5.74) is 2.38. The minimum absolute atomic E-state index is 0.0314. The maximum absolute atomic E-state index is 14.9. The molecule has 6 unspecified atom stereocenters. The van der Waals surface area contributed by atoms with Crippen LogP contribution in [-0.2, 0) is 0 Å². The van der Waals surface area contributed by atoms with Gasteiger partial charge in [-0.1, -0.05) is 87.0 Å². The predicted molar refractivity (Wildman–Crippen MR) is 159 cm³/mol. The van der Waals surface area contributed by atoms with Crippen molar-refractivity contribution in [1.29, 1.82) is 0 Å². The van der Waals surface area contributed by atoms with Crippen LogP contribution in [0.5, 0.6) is 0 Å². The summed E-state index contributed by atoms with van der Waals surface area (Å²) in [6.45, 7) is 3.50. The Kier molecular flexibility index (Phi) is 9.49. The number of carboxylic acid groups (broad SMARTS) is 1.